The Morgan fingerprint density at radius 2 is 2.00 bits per heavy atom. The largest absolute Gasteiger partial charge is 0.494 e. The van der Waals surface area contributed by atoms with Crippen molar-refractivity contribution in [1.29, 1.82) is 0 Å². The maximum Gasteiger partial charge on any atom is 0.165 e. The van der Waals surface area contributed by atoms with Crippen LogP contribution in [0.25, 0.3) is 0 Å². The summed E-state index contributed by atoms with van der Waals surface area (Å²) in [6.45, 7) is 9.51. The second-order valence-electron chi connectivity index (χ2n) is 5.77. The highest BCUT2D eigenvalue weighted by molar-refractivity contribution is 5.31. The molecular weight excluding hydrogens is 229 g/mol. The molecule has 0 saturated carbocycles. The fraction of sp³-hybridized carbons (Fsp3) is 0.600. The number of hydrogen-bond donors (Lipinski definition) is 1. The first kappa shape index (κ1) is 15.0. The van der Waals surface area contributed by atoms with Crippen LogP contribution >= 0.6 is 0 Å². The summed E-state index contributed by atoms with van der Waals surface area (Å²) in [4.78, 5) is 0. The molecule has 18 heavy (non-hydrogen) atoms. The minimum atomic E-state index is -0.299. The van der Waals surface area contributed by atoms with Gasteiger partial charge in [0, 0.05) is 6.04 Å². The zero-order valence-electron chi connectivity index (χ0n) is 12.0. The molecule has 0 bridgehead atoms. The van der Waals surface area contributed by atoms with Crippen molar-refractivity contribution in [1.82, 2.24) is 5.32 Å². The van der Waals surface area contributed by atoms with Gasteiger partial charge in [0.15, 0.2) is 11.6 Å². The first-order valence-electron chi connectivity index (χ1n) is 6.44. The van der Waals surface area contributed by atoms with Crippen molar-refractivity contribution in [3.63, 3.8) is 0 Å². The molecule has 0 heterocycles. The van der Waals surface area contributed by atoms with E-state index in [1.54, 1.807) is 12.1 Å². The molecule has 0 aromatic heterocycles. The van der Waals surface area contributed by atoms with Gasteiger partial charge in [-0.1, -0.05) is 33.8 Å². The van der Waals surface area contributed by atoms with E-state index in [2.05, 4.69) is 33.0 Å². The molecule has 0 saturated heterocycles. The lowest BCUT2D eigenvalue weighted by atomic mass is 9.85. The second-order valence-corrected chi connectivity index (χ2v) is 5.77. The molecule has 1 aromatic carbocycles. The van der Waals surface area contributed by atoms with Crippen molar-refractivity contribution >= 4 is 0 Å². The number of rotatable bonds is 5. The Morgan fingerprint density at radius 3 is 2.44 bits per heavy atom. The molecule has 0 fully saturated rings. The van der Waals surface area contributed by atoms with Gasteiger partial charge >= 0.3 is 0 Å². The number of hydrogen-bond acceptors (Lipinski definition) is 2. The van der Waals surface area contributed by atoms with Gasteiger partial charge in [0.05, 0.1) is 7.11 Å². The van der Waals surface area contributed by atoms with E-state index in [-0.39, 0.29) is 17.3 Å². The van der Waals surface area contributed by atoms with E-state index < -0.39 is 0 Å². The van der Waals surface area contributed by atoms with Crippen LogP contribution in [0.1, 0.15) is 45.7 Å². The van der Waals surface area contributed by atoms with Crippen molar-refractivity contribution in [2.45, 2.75) is 40.2 Å². The van der Waals surface area contributed by atoms with Gasteiger partial charge < -0.3 is 10.1 Å². The van der Waals surface area contributed by atoms with Crippen LogP contribution in [0.5, 0.6) is 5.75 Å². The lowest BCUT2D eigenvalue weighted by Crippen LogP contribution is -2.25. The fourth-order valence-corrected chi connectivity index (χ4v) is 2.07. The summed E-state index contributed by atoms with van der Waals surface area (Å²) < 4.78 is 18.7. The molecule has 0 radical (unpaired) electrons. The van der Waals surface area contributed by atoms with Crippen molar-refractivity contribution in [2.24, 2.45) is 5.41 Å². The predicted molar refractivity (Wildman–Crippen MR) is 73.4 cm³/mol. The zero-order chi connectivity index (χ0) is 13.8. The predicted octanol–water partition coefficient (Wildman–Crippen LogP) is 3.92. The van der Waals surface area contributed by atoms with Crippen LogP contribution in [0.4, 0.5) is 4.39 Å². The number of nitrogens with one attached hydrogen (secondary N) is 1. The van der Waals surface area contributed by atoms with Crippen LogP contribution in [0.2, 0.25) is 0 Å². The zero-order valence-corrected chi connectivity index (χ0v) is 12.0. The summed E-state index contributed by atoms with van der Waals surface area (Å²) in [5.74, 6) is -0.00318. The van der Waals surface area contributed by atoms with Gasteiger partial charge in [0.1, 0.15) is 0 Å². The van der Waals surface area contributed by atoms with Crippen molar-refractivity contribution < 1.29 is 9.13 Å². The van der Waals surface area contributed by atoms with Crippen molar-refractivity contribution in [2.75, 3.05) is 13.7 Å². The summed E-state index contributed by atoms with van der Waals surface area (Å²) in [5.41, 5.74) is 1.17. The molecule has 2 nitrogen and oxygen atoms in total. The molecular formula is C15H24FNO. The van der Waals surface area contributed by atoms with Gasteiger partial charge in [0.25, 0.3) is 0 Å². The molecule has 1 rings (SSSR count). The highest BCUT2D eigenvalue weighted by Crippen LogP contribution is 2.31. The summed E-state index contributed by atoms with van der Waals surface area (Å²) in [6.07, 6.45) is 0.965. The minimum absolute atomic E-state index is 0.176. The molecule has 0 aliphatic heterocycles. The van der Waals surface area contributed by atoms with E-state index in [1.165, 1.54) is 7.11 Å². The fourth-order valence-electron chi connectivity index (χ4n) is 2.07. The first-order valence-corrected chi connectivity index (χ1v) is 6.44. The lowest BCUT2D eigenvalue weighted by Gasteiger charge is -2.27. The summed E-state index contributed by atoms with van der Waals surface area (Å²) >= 11 is 0. The Morgan fingerprint density at radius 1 is 1.33 bits per heavy atom. The first-order chi connectivity index (χ1) is 8.37. The standard InChI is InChI=1S/C15H24FNO/c1-6-17-13(10-15(2,3)4)11-7-8-14(18-5)12(16)9-11/h7-9,13,17H,6,10H2,1-5H3. The monoisotopic (exact) mass is 253 g/mol. The van der Waals surface area contributed by atoms with E-state index in [4.69, 9.17) is 4.74 Å². The van der Waals surface area contributed by atoms with Crippen LogP contribution in [-0.2, 0) is 0 Å². The van der Waals surface area contributed by atoms with E-state index >= 15 is 0 Å². The molecule has 3 heteroatoms. The molecule has 1 N–H and O–H groups in total. The summed E-state index contributed by atoms with van der Waals surface area (Å²) in [5, 5.41) is 3.41. The molecule has 0 aliphatic rings. The molecule has 1 atom stereocenters. The van der Waals surface area contributed by atoms with Crippen molar-refractivity contribution in [3.05, 3.63) is 29.6 Å². The highest BCUT2D eigenvalue weighted by Gasteiger charge is 2.20. The molecule has 102 valence electrons. The Hall–Kier alpha value is -1.09. The normalized spacial score (nSPS) is 13.4. The Kier molecular flexibility index (Phi) is 5.15. The Bertz CT molecular complexity index is 385. The minimum Gasteiger partial charge on any atom is -0.494 e. The quantitative estimate of drug-likeness (QED) is 0.858. The Labute approximate surface area is 110 Å². The van der Waals surface area contributed by atoms with E-state index in [0.29, 0.717) is 5.75 Å². The smallest absolute Gasteiger partial charge is 0.165 e. The van der Waals surface area contributed by atoms with Crippen molar-refractivity contribution in [3.8, 4) is 5.75 Å². The van der Waals surface area contributed by atoms with Crippen LogP contribution in [0.15, 0.2) is 18.2 Å². The van der Waals surface area contributed by atoms with Gasteiger partial charge in [-0.3, -0.25) is 0 Å². The highest BCUT2D eigenvalue weighted by atomic mass is 19.1. The van der Waals surface area contributed by atoms with Gasteiger partial charge in [-0.15, -0.1) is 0 Å². The average Bonchev–Trinajstić information content (AvgIpc) is 2.26. The van der Waals surface area contributed by atoms with Gasteiger partial charge in [-0.25, -0.2) is 4.39 Å². The molecule has 0 amide bonds. The van der Waals surface area contributed by atoms with Crippen LogP contribution in [0, 0.1) is 11.2 Å². The van der Waals surface area contributed by atoms with Gasteiger partial charge in [0.2, 0.25) is 0 Å². The third-order valence-electron chi connectivity index (χ3n) is 2.85. The molecule has 1 unspecified atom stereocenters. The number of ether oxygens (including phenoxy) is 1. The average molecular weight is 253 g/mol. The molecule has 1 aromatic rings. The lowest BCUT2D eigenvalue weighted by molar-refractivity contribution is 0.313. The van der Waals surface area contributed by atoms with E-state index in [1.807, 2.05) is 6.07 Å². The third kappa shape index (κ3) is 4.30. The van der Waals surface area contributed by atoms with Gasteiger partial charge in [-0.05, 0) is 36.1 Å². The van der Waals surface area contributed by atoms with Gasteiger partial charge in [-0.2, -0.15) is 0 Å². The Balaban J connectivity index is 2.95. The number of methoxy groups -OCH3 is 1. The molecule has 0 spiro atoms. The maximum absolute atomic E-state index is 13.7. The van der Waals surface area contributed by atoms with E-state index in [0.717, 1.165) is 18.5 Å². The number of halogens is 1. The van der Waals surface area contributed by atoms with E-state index in [9.17, 15) is 4.39 Å². The SMILES string of the molecule is CCNC(CC(C)(C)C)c1ccc(OC)c(F)c1. The maximum atomic E-state index is 13.7. The number of benzene rings is 1. The van der Waals surface area contributed by atoms with Crippen LogP contribution in [-0.4, -0.2) is 13.7 Å². The van der Waals surface area contributed by atoms with Crippen LogP contribution < -0.4 is 10.1 Å². The molecule has 0 aliphatic carbocycles. The van der Waals surface area contributed by atoms with Crippen LogP contribution in [0.3, 0.4) is 0 Å². The summed E-state index contributed by atoms with van der Waals surface area (Å²) in [7, 11) is 1.48. The topological polar surface area (TPSA) is 21.3 Å². The summed E-state index contributed by atoms with van der Waals surface area (Å²) in [6, 6.07) is 5.37. The second kappa shape index (κ2) is 6.19. The third-order valence-corrected chi connectivity index (χ3v) is 2.85.